The van der Waals surface area contributed by atoms with E-state index >= 15 is 0 Å². The minimum Gasteiger partial charge on any atom is -0.273 e. The zero-order chi connectivity index (χ0) is 16.8. The average Bonchev–Trinajstić information content (AvgIpc) is 3.40. The molecule has 24 heavy (non-hydrogen) atoms. The first-order valence-corrected chi connectivity index (χ1v) is 7.89. The van der Waals surface area contributed by atoms with Crippen LogP contribution in [0.15, 0.2) is 46.0 Å². The standard InChI is InChI=1S/C19H15N3O2/c1-11-4-2-3-5-16(11)22-17-9-14(12-6-7-12)13(10-20)8-15(17)18(23)21-19(22)24/h2-5,8-9,12H,6-7H2,1H3,(H,21,23,24). The molecule has 1 N–H and O–H groups in total. The molecule has 0 amide bonds. The van der Waals surface area contributed by atoms with Crippen molar-refractivity contribution in [2.24, 2.45) is 0 Å². The van der Waals surface area contributed by atoms with Gasteiger partial charge in [-0.25, -0.2) is 4.79 Å². The molecule has 0 unspecified atom stereocenters. The molecule has 3 aromatic rings. The average molecular weight is 317 g/mol. The molecular formula is C19H15N3O2. The second-order valence-electron chi connectivity index (χ2n) is 6.22. The molecule has 1 saturated carbocycles. The molecule has 1 fully saturated rings. The molecule has 0 atom stereocenters. The fourth-order valence-corrected chi connectivity index (χ4v) is 3.18. The number of aryl methyl sites for hydroxylation is 1. The van der Waals surface area contributed by atoms with Crippen LogP contribution < -0.4 is 11.2 Å². The van der Waals surface area contributed by atoms with Crippen molar-refractivity contribution in [3.63, 3.8) is 0 Å². The van der Waals surface area contributed by atoms with Gasteiger partial charge in [0.25, 0.3) is 5.56 Å². The Morgan fingerprint density at radius 2 is 1.96 bits per heavy atom. The van der Waals surface area contributed by atoms with Gasteiger partial charge in [-0.15, -0.1) is 0 Å². The Balaban J connectivity index is 2.16. The molecule has 1 aliphatic rings. The Labute approximate surface area is 137 Å². The highest BCUT2D eigenvalue weighted by Gasteiger charge is 2.27. The number of nitriles is 1. The highest BCUT2D eigenvalue weighted by atomic mass is 16.2. The Bertz CT molecular complexity index is 1130. The summed E-state index contributed by atoms with van der Waals surface area (Å²) >= 11 is 0. The van der Waals surface area contributed by atoms with Gasteiger partial charge in [-0.05, 0) is 55.0 Å². The summed E-state index contributed by atoms with van der Waals surface area (Å²) in [6.07, 6.45) is 2.08. The van der Waals surface area contributed by atoms with E-state index in [1.165, 1.54) is 4.57 Å². The van der Waals surface area contributed by atoms with Crippen LogP contribution in [0.1, 0.15) is 35.4 Å². The largest absolute Gasteiger partial charge is 0.333 e. The van der Waals surface area contributed by atoms with Gasteiger partial charge >= 0.3 is 5.69 Å². The highest BCUT2D eigenvalue weighted by molar-refractivity contribution is 5.83. The van der Waals surface area contributed by atoms with Crippen molar-refractivity contribution in [1.29, 1.82) is 5.26 Å². The number of aromatic amines is 1. The SMILES string of the molecule is Cc1ccccc1-n1c(=O)[nH]c(=O)c2cc(C#N)c(C3CC3)cc21. The lowest BCUT2D eigenvalue weighted by Crippen LogP contribution is -2.29. The Hall–Kier alpha value is -3.13. The molecule has 0 radical (unpaired) electrons. The van der Waals surface area contributed by atoms with Crippen LogP contribution >= 0.6 is 0 Å². The molecule has 0 aliphatic heterocycles. The topological polar surface area (TPSA) is 78.7 Å². The maximum absolute atomic E-state index is 12.5. The van der Waals surface area contributed by atoms with Gasteiger partial charge < -0.3 is 0 Å². The van der Waals surface area contributed by atoms with Gasteiger partial charge in [-0.1, -0.05) is 18.2 Å². The molecule has 1 aliphatic carbocycles. The lowest BCUT2D eigenvalue weighted by Gasteiger charge is -2.13. The summed E-state index contributed by atoms with van der Waals surface area (Å²) in [6.45, 7) is 1.92. The number of rotatable bonds is 2. The van der Waals surface area contributed by atoms with Crippen LogP contribution in [-0.4, -0.2) is 9.55 Å². The quantitative estimate of drug-likeness (QED) is 0.789. The predicted molar refractivity (Wildman–Crippen MR) is 91.6 cm³/mol. The normalized spacial score (nSPS) is 13.8. The second kappa shape index (κ2) is 5.20. The number of nitrogens with one attached hydrogen (secondary N) is 1. The van der Waals surface area contributed by atoms with E-state index in [1.54, 1.807) is 6.07 Å². The van der Waals surface area contributed by atoms with E-state index in [0.717, 1.165) is 29.7 Å². The predicted octanol–water partition coefficient (Wildman–Crippen LogP) is 2.74. The summed E-state index contributed by atoms with van der Waals surface area (Å²) in [5.74, 6) is 0.351. The summed E-state index contributed by atoms with van der Waals surface area (Å²) in [6, 6.07) is 13.2. The van der Waals surface area contributed by atoms with Crippen LogP contribution in [0, 0.1) is 18.3 Å². The van der Waals surface area contributed by atoms with Gasteiger partial charge in [-0.3, -0.25) is 14.3 Å². The van der Waals surface area contributed by atoms with E-state index in [9.17, 15) is 14.9 Å². The summed E-state index contributed by atoms with van der Waals surface area (Å²) in [5.41, 5.74) is 2.74. The molecule has 0 bridgehead atoms. The van der Waals surface area contributed by atoms with Gasteiger partial charge in [0.05, 0.1) is 28.2 Å². The number of aromatic nitrogens is 2. The third-order valence-electron chi connectivity index (χ3n) is 4.57. The molecule has 2 aromatic carbocycles. The Morgan fingerprint density at radius 1 is 1.21 bits per heavy atom. The maximum atomic E-state index is 12.5. The van der Waals surface area contributed by atoms with E-state index in [2.05, 4.69) is 11.1 Å². The number of para-hydroxylation sites is 1. The lowest BCUT2D eigenvalue weighted by molar-refractivity contribution is 0.932. The molecular weight excluding hydrogens is 302 g/mol. The van der Waals surface area contributed by atoms with E-state index in [-0.39, 0.29) is 0 Å². The fourth-order valence-electron chi connectivity index (χ4n) is 3.18. The monoisotopic (exact) mass is 317 g/mol. The molecule has 0 saturated heterocycles. The zero-order valence-corrected chi connectivity index (χ0v) is 13.2. The molecule has 118 valence electrons. The first-order chi connectivity index (χ1) is 11.6. The van der Waals surface area contributed by atoms with E-state index in [0.29, 0.717) is 22.4 Å². The Kier molecular flexibility index (Phi) is 3.14. The molecule has 5 nitrogen and oxygen atoms in total. The van der Waals surface area contributed by atoms with Crippen LogP contribution in [-0.2, 0) is 0 Å². The van der Waals surface area contributed by atoms with Crippen molar-refractivity contribution in [2.45, 2.75) is 25.7 Å². The van der Waals surface area contributed by atoms with Gasteiger partial charge in [-0.2, -0.15) is 5.26 Å². The van der Waals surface area contributed by atoms with Crippen molar-refractivity contribution in [2.75, 3.05) is 0 Å². The molecule has 1 aromatic heterocycles. The maximum Gasteiger partial charge on any atom is 0.333 e. The van der Waals surface area contributed by atoms with Crippen LogP contribution in [0.3, 0.4) is 0 Å². The third-order valence-corrected chi connectivity index (χ3v) is 4.57. The number of H-pyrrole nitrogens is 1. The number of hydrogen-bond donors (Lipinski definition) is 1. The van der Waals surface area contributed by atoms with Gasteiger partial charge in [0.1, 0.15) is 0 Å². The summed E-state index contributed by atoms with van der Waals surface area (Å²) < 4.78 is 1.53. The first-order valence-electron chi connectivity index (χ1n) is 7.89. The van der Waals surface area contributed by atoms with Crippen molar-refractivity contribution in [1.82, 2.24) is 9.55 Å². The smallest absolute Gasteiger partial charge is 0.273 e. The number of fused-ring (bicyclic) bond motifs is 1. The third kappa shape index (κ3) is 2.16. The van der Waals surface area contributed by atoms with Crippen LogP contribution in [0.2, 0.25) is 0 Å². The first kappa shape index (κ1) is 14.5. The highest BCUT2D eigenvalue weighted by Crippen LogP contribution is 2.42. The van der Waals surface area contributed by atoms with Crippen LogP contribution in [0.5, 0.6) is 0 Å². The van der Waals surface area contributed by atoms with Gasteiger partial charge in [0.15, 0.2) is 0 Å². The molecule has 0 spiro atoms. The van der Waals surface area contributed by atoms with Gasteiger partial charge in [0, 0.05) is 0 Å². The van der Waals surface area contributed by atoms with Crippen LogP contribution in [0.4, 0.5) is 0 Å². The van der Waals surface area contributed by atoms with Crippen molar-refractivity contribution in [3.8, 4) is 11.8 Å². The summed E-state index contributed by atoms with van der Waals surface area (Å²) in [4.78, 5) is 27.1. The minimum atomic E-state index is -0.465. The van der Waals surface area contributed by atoms with Crippen molar-refractivity contribution >= 4 is 10.9 Å². The molecule has 5 heteroatoms. The van der Waals surface area contributed by atoms with E-state index < -0.39 is 11.2 Å². The second-order valence-corrected chi connectivity index (χ2v) is 6.22. The van der Waals surface area contributed by atoms with Crippen LogP contribution in [0.25, 0.3) is 16.6 Å². The van der Waals surface area contributed by atoms with Gasteiger partial charge in [0.2, 0.25) is 0 Å². The number of benzene rings is 2. The summed E-state index contributed by atoms with van der Waals surface area (Å²) in [5, 5.41) is 9.76. The number of nitrogens with zero attached hydrogens (tertiary/aromatic N) is 2. The summed E-state index contributed by atoms with van der Waals surface area (Å²) in [7, 11) is 0. The fraction of sp³-hybridized carbons (Fsp3) is 0.211. The Morgan fingerprint density at radius 3 is 2.62 bits per heavy atom. The number of hydrogen-bond acceptors (Lipinski definition) is 3. The van der Waals surface area contributed by atoms with Crippen molar-refractivity contribution < 1.29 is 0 Å². The zero-order valence-electron chi connectivity index (χ0n) is 13.2. The molecule has 4 rings (SSSR count). The van der Waals surface area contributed by atoms with E-state index in [1.807, 2.05) is 37.3 Å². The molecule has 1 heterocycles. The van der Waals surface area contributed by atoms with E-state index in [4.69, 9.17) is 0 Å². The van der Waals surface area contributed by atoms with Crippen molar-refractivity contribution in [3.05, 3.63) is 73.9 Å². The lowest BCUT2D eigenvalue weighted by atomic mass is 10.0. The minimum absolute atomic E-state index is 0.351.